The predicted octanol–water partition coefficient (Wildman–Crippen LogP) is -3.68. The fraction of sp³-hybridized carbons (Fsp3) is 0.696. The number of hydrogen-bond donors (Lipinski definition) is 8. The van der Waals surface area contributed by atoms with Gasteiger partial charge in [-0.3, -0.25) is 29.0 Å². The van der Waals surface area contributed by atoms with Gasteiger partial charge in [0, 0.05) is 13.1 Å². The van der Waals surface area contributed by atoms with E-state index in [1.807, 2.05) is 0 Å². The van der Waals surface area contributed by atoms with Gasteiger partial charge in [0.1, 0.15) is 24.2 Å². The van der Waals surface area contributed by atoms with Crippen molar-refractivity contribution in [3.05, 3.63) is 0 Å². The Hall–Kier alpha value is -3.95. The molecule has 0 aliphatic carbocycles. The van der Waals surface area contributed by atoms with Crippen LogP contribution in [-0.2, 0) is 28.8 Å². The van der Waals surface area contributed by atoms with E-state index in [4.69, 9.17) is 17.2 Å². The fourth-order valence-corrected chi connectivity index (χ4v) is 3.93. The van der Waals surface area contributed by atoms with Crippen LogP contribution in [-0.4, -0.2) is 102 Å². The lowest BCUT2D eigenvalue weighted by atomic mass is 10.0. The number of hydrogen-bond acceptors (Lipinski definition) is 8. The Morgan fingerprint density at radius 3 is 2.26 bits per heavy atom. The number of rotatable bonds is 15. The third-order valence-electron chi connectivity index (χ3n) is 6.05. The van der Waals surface area contributed by atoms with E-state index in [-0.39, 0.29) is 37.3 Å². The third-order valence-corrected chi connectivity index (χ3v) is 6.05. The molecule has 1 aliphatic heterocycles. The van der Waals surface area contributed by atoms with Crippen molar-refractivity contribution in [2.24, 2.45) is 28.1 Å². The summed E-state index contributed by atoms with van der Waals surface area (Å²) in [4.78, 5) is 78.8. The van der Waals surface area contributed by atoms with Gasteiger partial charge in [-0.25, -0.2) is 4.79 Å². The van der Waals surface area contributed by atoms with E-state index >= 15 is 0 Å². The van der Waals surface area contributed by atoms with Gasteiger partial charge < -0.3 is 48.5 Å². The van der Waals surface area contributed by atoms with Crippen LogP contribution in [0.2, 0.25) is 0 Å². The second kappa shape index (κ2) is 16.1. The molecule has 0 aromatic rings. The summed E-state index contributed by atoms with van der Waals surface area (Å²) in [5, 5.41) is 19.1. The molecule has 1 heterocycles. The molecule has 16 heteroatoms. The molecular formula is C23H41N9O7. The summed E-state index contributed by atoms with van der Waals surface area (Å²) < 4.78 is 0. The fourth-order valence-electron chi connectivity index (χ4n) is 3.93. The number of amides is 5. The number of carbonyl (C=O) groups excluding carboxylic acids is 5. The number of nitrogens with zero attached hydrogens (tertiary/aromatic N) is 2. The quantitative estimate of drug-likeness (QED) is 0.0557. The molecule has 220 valence electrons. The number of nitrogens with two attached hydrogens (primary N) is 3. The molecular weight excluding hydrogens is 514 g/mol. The van der Waals surface area contributed by atoms with Crippen molar-refractivity contribution in [1.82, 2.24) is 26.2 Å². The first-order valence-corrected chi connectivity index (χ1v) is 12.7. The van der Waals surface area contributed by atoms with Gasteiger partial charge in [0.25, 0.3) is 0 Å². The Labute approximate surface area is 226 Å². The van der Waals surface area contributed by atoms with Gasteiger partial charge in [-0.2, -0.15) is 0 Å². The molecule has 11 N–H and O–H groups in total. The summed E-state index contributed by atoms with van der Waals surface area (Å²) in [5.74, 6) is -4.60. The van der Waals surface area contributed by atoms with Crippen molar-refractivity contribution in [2.75, 3.05) is 26.2 Å². The lowest BCUT2D eigenvalue weighted by Gasteiger charge is -2.27. The molecule has 0 unspecified atom stereocenters. The first-order chi connectivity index (χ1) is 18.3. The molecule has 16 nitrogen and oxygen atoms in total. The van der Waals surface area contributed by atoms with E-state index in [1.54, 1.807) is 13.8 Å². The summed E-state index contributed by atoms with van der Waals surface area (Å²) >= 11 is 0. The number of carbonyl (C=O) groups is 6. The molecule has 0 spiro atoms. The Balaban J connectivity index is 2.60. The molecule has 1 fully saturated rings. The normalized spacial score (nSPS) is 16.9. The van der Waals surface area contributed by atoms with Crippen molar-refractivity contribution in [1.29, 1.82) is 0 Å². The van der Waals surface area contributed by atoms with Crippen LogP contribution < -0.4 is 38.5 Å². The molecule has 0 aromatic carbocycles. The highest BCUT2D eigenvalue weighted by molar-refractivity contribution is 5.95. The summed E-state index contributed by atoms with van der Waals surface area (Å²) in [6.45, 7) is 4.67. The summed E-state index contributed by atoms with van der Waals surface area (Å²) in [6, 6.07) is -4.00. The SMILES string of the molecule is CC(C)[C@H](NC(=O)[C@@H]1CCCN1C(=O)CN)C(=O)NCC(=O)N[C@@H](C)C(=O)N[C@@H](CCCN=C(N)N)C(=O)O. The molecule has 1 aliphatic rings. The van der Waals surface area contributed by atoms with Crippen LogP contribution in [0.4, 0.5) is 0 Å². The monoisotopic (exact) mass is 555 g/mol. The van der Waals surface area contributed by atoms with E-state index in [0.717, 1.165) is 0 Å². The molecule has 1 saturated heterocycles. The lowest BCUT2D eigenvalue weighted by Crippen LogP contribution is -2.56. The molecule has 39 heavy (non-hydrogen) atoms. The van der Waals surface area contributed by atoms with Crippen molar-refractivity contribution in [3.63, 3.8) is 0 Å². The number of guanidine groups is 1. The van der Waals surface area contributed by atoms with Crippen LogP contribution in [0, 0.1) is 5.92 Å². The zero-order valence-electron chi connectivity index (χ0n) is 22.6. The van der Waals surface area contributed by atoms with Gasteiger partial charge in [-0.1, -0.05) is 13.8 Å². The largest absolute Gasteiger partial charge is 0.480 e. The maximum Gasteiger partial charge on any atom is 0.326 e. The predicted molar refractivity (Wildman–Crippen MR) is 141 cm³/mol. The number of aliphatic imine (C=N–C) groups is 1. The van der Waals surface area contributed by atoms with E-state index in [1.165, 1.54) is 11.8 Å². The average Bonchev–Trinajstić information content (AvgIpc) is 3.36. The van der Waals surface area contributed by atoms with Gasteiger partial charge in [-0.05, 0) is 38.5 Å². The molecule has 0 radical (unpaired) electrons. The van der Waals surface area contributed by atoms with Crippen LogP contribution in [0.15, 0.2) is 4.99 Å². The highest BCUT2D eigenvalue weighted by Gasteiger charge is 2.36. The minimum atomic E-state index is -1.26. The van der Waals surface area contributed by atoms with E-state index < -0.39 is 60.3 Å². The van der Waals surface area contributed by atoms with Crippen molar-refractivity contribution in [2.45, 2.75) is 70.6 Å². The Morgan fingerprint density at radius 2 is 1.69 bits per heavy atom. The smallest absolute Gasteiger partial charge is 0.326 e. The van der Waals surface area contributed by atoms with Gasteiger partial charge in [0.15, 0.2) is 5.96 Å². The molecule has 0 aromatic heterocycles. The van der Waals surface area contributed by atoms with E-state index in [9.17, 15) is 33.9 Å². The van der Waals surface area contributed by atoms with Gasteiger partial charge >= 0.3 is 5.97 Å². The van der Waals surface area contributed by atoms with E-state index in [2.05, 4.69) is 26.3 Å². The highest BCUT2D eigenvalue weighted by Crippen LogP contribution is 2.18. The number of nitrogens with one attached hydrogen (secondary N) is 4. The minimum absolute atomic E-state index is 0.0654. The van der Waals surface area contributed by atoms with Gasteiger partial charge in [-0.15, -0.1) is 0 Å². The number of likely N-dealkylation sites (tertiary alicyclic amines) is 1. The summed E-state index contributed by atoms with van der Waals surface area (Å²) in [7, 11) is 0. The topological polar surface area (TPSA) is 264 Å². The molecule has 4 atom stereocenters. The lowest BCUT2D eigenvalue weighted by molar-refractivity contribution is -0.142. The highest BCUT2D eigenvalue weighted by atomic mass is 16.4. The van der Waals surface area contributed by atoms with Gasteiger partial charge in [0.05, 0.1) is 13.1 Å². The Kier molecular flexibility index (Phi) is 13.7. The number of aliphatic carboxylic acids is 1. The van der Waals surface area contributed by atoms with Crippen molar-refractivity contribution >= 4 is 41.5 Å². The number of carboxylic acids is 1. The second-order valence-corrected chi connectivity index (χ2v) is 9.53. The maximum atomic E-state index is 12.8. The Morgan fingerprint density at radius 1 is 1.03 bits per heavy atom. The molecule has 5 amide bonds. The van der Waals surface area contributed by atoms with Crippen LogP contribution >= 0.6 is 0 Å². The van der Waals surface area contributed by atoms with Crippen LogP contribution in [0.25, 0.3) is 0 Å². The molecule has 0 saturated carbocycles. The zero-order valence-corrected chi connectivity index (χ0v) is 22.6. The summed E-state index contributed by atoms with van der Waals surface area (Å²) in [6.07, 6.45) is 1.46. The standard InChI is InChI=1S/C23H41N9O7/c1-12(2)18(31-20(36)15-7-5-9-32(15)17(34)10-24)21(37)28-11-16(33)29-13(3)19(35)30-14(22(38)39)6-4-8-27-23(25)26/h12-15,18H,4-11,24H2,1-3H3,(H,28,37)(H,29,33)(H,30,35)(H,31,36)(H,38,39)(H4,25,26,27)/t13-,14-,15-,18-/m0/s1. The second-order valence-electron chi connectivity index (χ2n) is 9.53. The van der Waals surface area contributed by atoms with E-state index in [0.29, 0.717) is 25.8 Å². The molecule has 0 bridgehead atoms. The Bertz CT molecular complexity index is 937. The third kappa shape index (κ3) is 11.1. The van der Waals surface area contributed by atoms with Crippen LogP contribution in [0.3, 0.4) is 0 Å². The minimum Gasteiger partial charge on any atom is -0.480 e. The van der Waals surface area contributed by atoms with Crippen molar-refractivity contribution in [3.8, 4) is 0 Å². The van der Waals surface area contributed by atoms with Crippen molar-refractivity contribution < 1.29 is 33.9 Å². The van der Waals surface area contributed by atoms with Crippen LogP contribution in [0.1, 0.15) is 46.5 Å². The molecule has 1 rings (SSSR count). The van der Waals surface area contributed by atoms with Crippen LogP contribution in [0.5, 0.6) is 0 Å². The first-order valence-electron chi connectivity index (χ1n) is 12.7. The number of carboxylic acid groups (broad SMARTS) is 1. The summed E-state index contributed by atoms with van der Waals surface area (Å²) in [5.41, 5.74) is 15.8. The van der Waals surface area contributed by atoms with Gasteiger partial charge in [0.2, 0.25) is 29.5 Å². The first kappa shape index (κ1) is 33.1. The zero-order chi connectivity index (χ0) is 29.7. The maximum absolute atomic E-state index is 12.8. The average molecular weight is 556 g/mol.